The van der Waals surface area contributed by atoms with E-state index in [9.17, 15) is 9.90 Å². The molecule has 0 radical (unpaired) electrons. The third-order valence-electron chi connectivity index (χ3n) is 8.23. The number of carboxylic acids is 1. The molecule has 5 heterocycles. The lowest BCUT2D eigenvalue weighted by Gasteiger charge is -2.30. The van der Waals surface area contributed by atoms with E-state index in [1.807, 2.05) is 31.2 Å². The van der Waals surface area contributed by atoms with Gasteiger partial charge in [-0.3, -0.25) is 0 Å². The SMILES string of the molecule is C[C@]1(C2=CC=C(Cl)CN2)Oc2cccc(C3C=CN(Cc4nc5ccc(C(=O)O)cc5n4C[C@@H]4CCO4)CC3)c2O1. The van der Waals surface area contributed by atoms with Gasteiger partial charge in [0.1, 0.15) is 5.82 Å². The summed E-state index contributed by atoms with van der Waals surface area (Å²) in [5.74, 6) is 0.698. The first-order chi connectivity index (χ1) is 19.9. The van der Waals surface area contributed by atoms with Crippen LogP contribution in [-0.2, 0) is 17.8 Å². The van der Waals surface area contributed by atoms with Crippen LogP contribution in [-0.4, -0.2) is 57.1 Å². The topological polar surface area (TPSA) is 98.1 Å². The molecule has 0 bridgehead atoms. The van der Waals surface area contributed by atoms with Crippen LogP contribution < -0.4 is 14.8 Å². The molecule has 0 saturated carbocycles. The van der Waals surface area contributed by atoms with Crippen LogP contribution in [0, 0.1) is 0 Å². The number of aromatic nitrogens is 2. The molecule has 0 amide bonds. The molecule has 1 unspecified atom stereocenters. The van der Waals surface area contributed by atoms with Gasteiger partial charge in [-0.1, -0.05) is 29.8 Å². The van der Waals surface area contributed by atoms with Crippen LogP contribution in [0.3, 0.4) is 0 Å². The number of imidazole rings is 1. The Kier molecular flexibility index (Phi) is 6.43. The van der Waals surface area contributed by atoms with Gasteiger partial charge in [0, 0.05) is 36.6 Å². The van der Waals surface area contributed by atoms with Crippen molar-refractivity contribution in [2.24, 2.45) is 0 Å². The first-order valence-electron chi connectivity index (χ1n) is 13.9. The number of rotatable bonds is 7. The Balaban J connectivity index is 1.11. The highest BCUT2D eigenvalue weighted by Gasteiger charge is 2.43. The van der Waals surface area contributed by atoms with Crippen molar-refractivity contribution in [3.63, 3.8) is 0 Å². The maximum Gasteiger partial charge on any atom is 0.335 e. The highest BCUT2D eigenvalue weighted by molar-refractivity contribution is 6.30. The van der Waals surface area contributed by atoms with E-state index in [1.165, 1.54) is 0 Å². The number of allylic oxidation sites excluding steroid dienone is 3. The van der Waals surface area contributed by atoms with Crippen molar-refractivity contribution in [3.05, 3.63) is 88.5 Å². The number of ether oxygens (including phenoxy) is 3. The molecular weight excluding hydrogens is 544 g/mol. The number of para-hydroxylation sites is 1. The zero-order valence-corrected chi connectivity index (χ0v) is 23.4. The standard InChI is InChI=1S/C31H31ClN4O5/c1-31(27-8-6-21(32)16-33-27)40-26-4-2-3-23(29(26)41-31)19-9-12-35(13-10-19)18-28-34-24-7-5-20(30(37)38)15-25(24)36(28)17-22-11-14-39-22/h2-9,12,15,19,22,33H,10-11,13-14,16-18H2,1H3,(H,37,38)/t19?,22-,31-/m0/s1. The summed E-state index contributed by atoms with van der Waals surface area (Å²) >= 11 is 6.12. The number of carboxylic acid groups (broad SMARTS) is 1. The van der Waals surface area contributed by atoms with E-state index in [4.69, 9.17) is 30.8 Å². The van der Waals surface area contributed by atoms with Crippen LogP contribution in [0.25, 0.3) is 11.0 Å². The molecule has 3 aromatic rings. The number of hydrogen-bond donors (Lipinski definition) is 2. The van der Waals surface area contributed by atoms with Crippen molar-refractivity contribution in [2.75, 3.05) is 19.7 Å². The lowest BCUT2D eigenvalue weighted by molar-refractivity contribution is -0.0591. The summed E-state index contributed by atoms with van der Waals surface area (Å²) in [6.45, 7) is 5.34. The van der Waals surface area contributed by atoms with Gasteiger partial charge in [-0.15, -0.1) is 0 Å². The van der Waals surface area contributed by atoms with Gasteiger partial charge in [0.2, 0.25) is 0 Å². The van der Waals surface area contributed by atoms with Gasteiger partial charge in [0.15, 0.2) is 11.5 Å². The number of aromatic carboxylic acids is 1. The number of dihydropyridines is 1. The summed E-state index contributed by atoms with van der Waals surface area (Å²) in [5, 5.41) is 13.6. The maximum atomic E-state index is 11.6. The molecule has 2 aromatic carbocycles. The van der Waals surface area contributed by atoms with E-state index in [1.54, 1.807) is 18.2 Å². The smallest absolute Gasteiger partial charge is 0.335 e. The number of hydrogen-bond acceptors (Lipinski definition) is 7. The average Bonchev–Trinajstić information content (AvgIpc) is 3.47. The molecule has 2 N–H and O–H groups in total. The first-order valence-corrected chi connectivity index (χ1v) is 14.3. The number of benzene rings is 2. The van der Waals surface area contributed by atoms with Gasteiger partial charge >= 0.3 is 5.97 Å². The Morgan fingerprint density at radius 2 is 2.10 bits per heavy atom. The Morgan fingerprint density at radius 3 is 2.80 bits per heavy atom. The van der Waals surface area contributed by atoms with Crippen molar-refractivity contribution in [3.8, 4) is 11.5 Å². The molecular formula is C31H31ClN4O5. The van der Waals surface area contributed by atoms with Crippen LogP contribution in [0.4, 0.5) is 0 Å². The molecule has 0 spiro atoms. The van der Waals surface area contributed by atoms with Crippen molar-refractivity contribution >= 4 is 28.6 Å². The second kappa shape index (κ2) is 10.2. The van der Waals surface area contributed by atoms with Crippen LogP contribution in [0.2, 0.25) is 0 Å². The fourth-order valence-electron chi connectivity index (χ4n) is 5.87. The predicted octanol–water partition coefficient (Wildman–Crippen LogP) is 5.12. The summed E-state index contributed by atoms with van der Waals surface area (Å²) in [6, 6.07) is 11.2. The van der Waals surface area contributed by atoms with Crippen molar-refractivity contribution in [1.82, 2.24) is 19.8 Å². The minimum Gasteiger partial charge on any atom is -0.478 e. The second-order valence-electron chi connectivity index (χ2n) is 11.0. The van der Waals surface area contributed by atoms with Crippen LogP contribution in [0.5, 0.6) is 11.5 Å². The van der Waals surface area contributed by atoms with E-state index in [2.05, 4.69) is 33.1 Å². The second-order valence-corrected chi connectivity index (χ2v) is 11.5. The molecule has 10 heteroatoms. The summed E-state index contributed by atoms with van der Waals surface area (Å²) in [5.41, 5.74) is 3.81. The zero-order valence-electron chi connectivity index (χ0n) is 22.7. The molecule has 1 fully saturated rings. The van der Waals surface area contributed by atoms with Gasteiger partial charge in [0.25, 0.3) is 5.79 Å². The minimum atomic E-state index is -0.944. The van der Waals surface area contributed by atoms with E-state index in [0.29, 0.717) is 19.6 Å². The Morgan fingerprint density at radius 1 is 1.22 bits per heavy atom. The average molecular weight is 575 g/mol. The fraction of sp³-hybridized carbons (Fsp3) is 0.355. The van der Waals surface area contributed by atoms with Crippen molar-refractivity contribution < 1.29 is 24.1 Å². The van der Waals surface area contributed by atoms with Crippen molar-refractivity contribution in [2.45, 2.75) is 50.7 Å². The number of nitrogens with zero attached hydrogens (tertiary/aromatic N) is 3. The lowest BCUT2D eigenvalue weighted by atomic mass is 9.92. The highest BCUT2D eigenvalue weighted by atomic mass is 35.5. The normalized spacial score (nSPS) is 25.0. The monoisotopic (exact) mass is 574 g/mol. The largest absolute Gasteiger partial charge is 0.478 e. The molecule has 7 rings (SSSR count). The molecule has 1 aromatic heterocycles. The lowest BCUT2D eigenvalue weighted by Crippen LogP contribution is -2.44. The van der Waals surface area contributed by atoms with Gasteiger partial charge in [-0.05, 0) is 55.5 Å². The Hall–Kier alpha value is -3.95. The molecule has 212 valence electrons. The number of carbonyl (C=O) groups is 1. The first kappa shape index (κ1) is 26.0. The maximum absolute atomic E-state index is 11.6. The van der Waals surface area contributed by atoms with Gasteiger partial charge in [-0.25, -0.2) is 9.78 Å². The van der Waals surface area contributed by atoms with Gasteiger partial charge in [-0.2, -0.15) is 0 Å². The predicted molar refractivity (Wildman–Crippen MR) is 154 cm³/mol. The number of fused-ring (bicyclic) bond motifs is 2. The van der Waals surface area contributed by atoms with Crippen LogP contribution in [0.15, 0.2) is 71.6 Å². The zero-order chi connectivity index (χ0) is 28.1. The summed E-state index contributed by atoms with van der Waals surface area (Å²) in [6.07, 6.45) is 10.1. The third-order valence-corrected chi connectivity index (χ3v) is 8.49. The number of nitrogens with one attached hydrogen (secondary N) is 1. The summed E-state index contributed by atoms with van der Waals surface area (Å²) in [4.78, 5) is 18.8. The van der Waals surface area contributed by atoms with E-state index in [-0.39, 0.29) is 17.6 Å². The van der Waals surface area contributed by atoms with E-state index < -0.39 is 11.8 Å². The molecule has 4 aliphatic rings. The number of halogens is 1. The quantitative estimate of drug-likeness (QED) is 0.401. The molecule has 0 aliphatic carbocycles. The highest BCUT2D eigenvalue weighted by Crippen LogP contribution is 2.47. The minimum absolute atomic E-state index is 0.126. The van der Waals surface area contributed by atoms with E-state index >= 15 is 0 Å². The molecule has 1 saturated heterocycles. The third kappa shape index (κ3) is 4.83. The molecule has 3 atom stereocenters. The molecule has 4 aliphatic heterocycles. The summed E-state index contributed by atoms with van der Waals surface area (Å²) in [7, 11) is 0. The van der Waals surface area contributed by atoms with Crippen LogP contribution >= 0.6 is 11.6 Å². The van der Waals surface area contributed by atoms with E-state index in [0.717, 1.165) is 70.6 Å². The van der Waals surface area contributed by atoms with Crippen LogP contribution in [0.1, 0.15) is 47.4 Å². The van der Waals surface area contributed by atoms with Gasteiger partial charge in [0.05, 0.1) is 48.0 Å². The molecule has 41 heavy (non-hydrogen) atoms. The Bertz CT molecular complexity index is 1620. The van der Waals surface area contributed by atoms with Crippen molar-refractivity contribution in [1.29, 1.82) is 0 Å². The molecule has 9 nitrogen and oxygen atoms in total. The summed E-state index contributed by atoms with van der Waals surface area (Å²) < 4.78 is 20.6. The fourth-order valence-corrected chi connectivity index (χ4v) is 6.00. The Labute approximate surface area is 242 Å². The van der Waals surface area contributed by atoms with Gasteiger partial charge < -0.3 is 34.1 Å².